The van der Waals surface area contributed by atoms with E-state index in [1.54, 1.807) is 0 Å². The van der Waals surface area contributed by atoms with Crippen LogP contribution in [0.1, 0.15) is 24.0 Å². The minimum Gasteiger partial charge on any atom is -0.471 e. The van der Waals surface area contributed by atoms with Crippen molar-refractivity contribution >= 4 is 12.2 Å². The second-order valence-electron chi connectivity index (χ2n) is 3.55. The maximum Gasteiger partial charge on any atom is 0.0981 e. The number of rotatable bonds is 0. The molecule has 4 rings (SSSR count). The summed E-state index contributed by atoms with van der Waals surface area (Å²) in [6.07, 6.45) is 14.8. The van der Waals surface area contributed by atoms with Gasteiger partial charge in [-0.1, -0.05) is 12.2 Å². The van der Waals surface area contributed by atoms with Crippen LogP contribution in [0.3, 0.4) is 0 Å². The summed E-state index contributed by atoms with van der Waals surface area (Å²) in [5.41, 5.74) is 5.21. The number of hydrogen-bond acceptors (Lipinski definition) is 1. The first kappa shape index (κ1) is 6.96. The summed E-state index contributed by atoms with van der Waals surface area (Å²) in [5, 5.41) is 0. The number of allylic oxidation sites excluding steroid dienone is 4. The second-order valence-corrected chi connectivity index (χ2v) is 3.55. The summed E-state index contributed by atoms with van der Waals surface area (Å²) in [6, 6.07) is 0. The molecular formula is C12H10O. The van der Waals surface area contributed by atoms with Crippen LogP contribution in [0.25, 0.3) is 12.2 Å². The van der Waals surface area contributed by atoms with E-state index in [0.29, 0.717) is 0 Å². The summed E-state index contributed by atoms with van der Waals surface area (Å²) in [6.45, 7) is 0. The van der Waals surface area contributed by atoms with Gasteiger partial charge in [0.25, 0.3) is 0 Å². The van der Waals surface area contributed by atoms with Crippen LogP contribution >= 0.6 is 0 Å². The van der Waals surface area contributed by atoms with Crippen molar-refractivity contribution in [3.63, 3.8) is 0 Å². The van der Waals surface area contributed by atoms with E-state index in [0.717, 1.165) is 12.8 Å². The molecule has 2 bridgehead atoms. The zero-order valence-corrected chi connectivity index (χ0v) is 7.29. The highest BCUT2D eigenvalue weighted by atomic mass is 16.3. The molecule has 0 spiro atoms. The van der Waals surface area contributed by atoms with Crippen LogP contribution < -0.4 is 0 Å². The van der Waals surface area contributed by atoms with Crippen LogP contribution in [-0.2, 0) is 0 Å². The van der Waals surface area contributed by atoms with Crippen molar-refractivity contribution in [1.82, 2.24) is 0 Å². The van der Waals surface area contributed by atoms with Crippen molar-refractivity contribution in [3.8, 4) is 0 Å². The van der Waals surface area contributed by atoms with Gasteiger partial charge in [0.2, 0.25) is 0 Å². The molecule has 0 N–H and O–H groups in total. The van der Waals surface area contributed by atoms with Gasteiger partial charge < -0.3 is 4.42 Å². The first-order valence-corrected chi connectivity index (χ1v) is 4.57. The van der Waals surface area contributed by atoms with Gasteiger partial charge >= 0.3 is 0 Å². The van der Waals surface area contributed by atoms with E-state index in [1.165, 1.54) is 22.3 Å². The van der Waals surface area contributed by atoms with E-state index in [9.17, 15) is 0 Å². The predicted molar refractivity (Wildman–Crippen MR) is 53.0 cm³/mol. The van der Waals surface area contributed by atoms with E-state index in [2.05, 4.69) is 24.3 Å². The molecule has 0 fully saturated rings. The lowest BCUT2D eigenvalue weighted by atomic mass is 9.91. The molecule has 0 atom stereocenters. The van der Waals surface area contributed by atoms with Gasteiger partial charge in [0.15, 0.2) is 0 Å². The molecule has 1 aromatic rings. The van der Waals surface area contributed by atoms with Gasteiger partial charge in [0, 0.05) is 11.1 Å². The molecular weight excluding hydrogens is 160 g/mol. The lowest BCUT2D eigenvalue weighted by Gasteiger charge is -2.13. The quantitative estimate of drug-likeness (QED) is 0.581. The van der Waals surface area contributed by atoms with Gasteiger partial charge in [-0.15, -0.1) is 0 Å². The maximum absolute atomic E-state index is 5.19. The molecule has 0 saturated carbocycles. The van der Waals surface area contributed by atoms with Crippen LogP contribution in [0, 0.1) is 0 Å². The third-order valence-electron chi connectivity index (χ3n) is 2.62. The molecule has 0 aliphatic heterocycles. The number of furan rings is 1. The molecule has 1 heterocycles. The number of fused-ring (bicyclic) bond motifs is 1. The highest BCUT2D eigenvalue weighted by Crippen LogP contribution is 2.30. The van der Waals surface area contributed by atoms with E-state index in [-0.39, 0.29) is 0 Å². The minimum absolute atomic E-state index is 1.16. The summed E-state index contributed by atoms with van der Waals surface area (Å²) in [7, 11) is 0. The Morgan fingerprint density at radius 3 is 1.85 bits per heavy atom. The van der Waals surface area contributed by atoms with Crippen molar-refractivity contribution < 1.29 is 4.42 Å². The standard InChI is InChI=1S/C12H10O/c1-2-10-4-3-9(1)5-11-7-13-8-12(11)6-10/h1-2,5-8H,3-4H2. The van der Waals surface area contributed by atoms with Crippen LogP contribution in [0.4, 0.5) is 0 Å². The van der Waals surface area contributed by atoms with Crippen molar-refractivity contribution in [3.05, 3.63) is 47.0 Å². The van der Waals surface area contributed by atoms with Crippen molar-refractivity contribution in [2.24, 2.45) is 0 Å². The highest BCUT2D eigenvalue weighted by Gasteiger charge is 2.10. The fourth-order valence-electron chi connectivity index (χ4n) is 1.86. The molecule has 1 nitrogen and oxygen atoms in total. The smallest absolute Gasteiger partial charge is 0.0981 e. The molecule has 1 aromatic heterocycles. The fraction of sp³-hybridized carbons (Fsp3) is 0.167. The molecule has 0 amide bonds. The van der Waals surface area contributed by atoms with E-state index < -0.39 is 0 Å². The maximum atomic E-state index is 5.19. The van der Waals surface area contributed by atoms with E-state index in [4.69, 9.17) is 4.42 Å². The van der Waals surface area contributed by atoms with Gasteiger partial charge in [-0.05, 0) is 36.1 Å². The molecule has 64 valence electrons. The Bertz CT molecular complexity index is 391. The lowest BCUT2D eigenvalue weighted by molar-refractivity contribution is 0.566. The summed E-state index contributed by atoms with van der Waals surface area (Å²) >= 11 is 0. The summed E-state index contributed by atoms with van der Waals surface area (Å²) in [4.78, 5) is 0. The first-order chi connectivity index (χ1) is 6.42. The van der Waals surface area contributed by atoms with Crippen LogP contribution in [0.15, 0.2) is 40.2 Å². The van der Waals surface area contributed by atoms with Gasteiger partial charge in [-0.25, -0.2) is 0 Å². The Morgan fingerprint density at radius 2 is 1.38 bits per heavy atom. The topological polar surface area (TPSA) is 13.1 Å². The molecule has 3 aliphatic carbocycles. The molecule has 3 aliphatic rings. The van der Waals surface area contributed by atoms with Crippen LogP contribution in [0.5, 0.6) is 0 Å². The molecule has 0 aromatic carbocycles. The Kier molecular flexibility index (Phi) is 1.33. The van der Waals surface area contributed by atoms with Crippen LogP contribution in [0.2, 0.25) is 0 Å². The van der Waals surface area contributed by atoms with Gasteiger partial charge in [-0.3, -0.25) is 0 Å². The van der Waals surface area contributed by atoms with Gasteiger partial charge in [-0.2, -0.15) is 0 Å². The van der Waals surface area contributed by atoms with Gasteiger partial charge in [0.05, 0.1) is 12.5 Å². The SMILES string of the molecule is C1=CC2=Cc3cocc3C=C1CC2. The van der Waals surface area contributed by atoms with E-state index >= 15 is 0 Å². The first-order valence-electron chi connectivity index (χ1n) is 4.57. The normalized spacial score (nSPS) is 18.8. The van der Waals surface area contributed by atoms with Gasteiger partial charge in [0.1, 0.15) is 0 Å². The van der Waals surface area contributed by atoms with Crippen molar-refractivity contribution in [2.45, 2.75) is 12.8 Å². The lowest BCUT2D eigenvalue weighted by Crippen LogP contribution is -1.93. The summed E-state index contributed by atoms with van der Waals surface area (Å²) in [5.74, 6) is 0. The highest BCUT2D eigenvalue weighted by molar-refractivity contribution is 5.72. The largest absolute Gasteiger partial charge is 0.471 e. The van der Waals surface area contributed by atoms with Crippen molar-refractivity contribution in [1.29, 1.82) is 0 Å². The Balaban J connectivity index is 2.28. The average Bonchev–Trinajstić information content (AvgIpc) is 2.52. The predicted octanol–water partition coefficient (Wildman–Crippen LogP) is 3.41. The molecule has 0 saturated heterocycles. The van der Waals surface area contributed by atoms with Crippen LogP contribution in [-0.4, -0.2) is 0 Å². The molecule has 0 radical (unpaired) electrons. The third kappa shape index (κ3) is 1.08. The Morgan fingerprint density at radius 1 is 0.846 bits per heavy atom. The number of hydrogen-bond donors (Lipinski definition) is 0. The van der Waals surface area contributed by atoms with Crippen molar-refractivity contribution in [2.75, 3.05) is 0 Å². The third-order valence-corrected chi connectivity index (χ3v) is 2.62. The summed E-state index contributed by atoms with van der Waals surface area (Å²) < 4.78 is 5.19. The zero-order valence-electron chi connectivity index (χ0n) is 7.29. The Labute approximate surface area is 77.1 Å². The average molecular weight is 170 g/mol. The molecule has 13 heavy (non-hydrogen) atoms. The monoisotopic (exact) mass is 170 g/mol. The zero-order chi connectivity index (χ0) is 8.67. The molecule has 1 heteroatoms. The fourth-order valence-corrected chi connectivity index (χ4v) is 1.86. The minimum atomic E-state index is 1.16. The molecule has 0 unspecified atom stereocenters. The second kappa shape index (κ2) is 2.49. The Hall–Kier alpha value is -1.50. The van der Waals surface area contributed by atoms with E-state index in [1.807, 2.05) is 12.5 Å².